The SMILES string of the molecule is Cn1c(=O)n(CCC(=O)N2CCC(c3ncn[nH]3)CC2)c2ccccc21. The van der Waals surface area contributed by atoms with Crippen LogP contribution in [0.15, 0.2) is 35.4 Å². The molecule has 1 fully saturated rings. The number of imidazole rings is 1. The van der Waals surface area contributed by atoms with Crippen LogP contribution >= 0.6 is 0 Å². The van der Waals surface area contributed by atoms with Gasteiger partial charge in [-0.2, -0.15) is 5.10 Å². The standard InChI is InChI=1S/C18H22N6O2/c1-22-14-4-2-3-5-15(14)24(18(22)26)11-8-16(25)23-9-6-13(7-10-23)17-19-12-20-21-17/h2-5,12-13H,6-11H2,1H3,(H,19,20,21). The third-order valence-corrected chi connectivity index (χ3v) is 5.27. The van der Waals surface area contributed by atoms with Gasteiger partial charge in [-0.3, -0.25) is 19.0 Å². The molecule has 0 bridgehead atoms. The van der Waals surface area contributed by atoms with E-state index in [4.69, 9.17) is 0 Å². The second kappa shape index (κ2) is 6.78. The van der Waals surface area contributed by atoms with Crippen LogP contribution in [0.5, 0.6) is 0 Å². The van der Waals surface area contributed by atoms with Crippen molar-refractivity contribution in [2.24, 2.45) is 7.05 Å². The van der Waals surface area contributed by atoms with E-state index < -0.39 is 0 Å². The molecule has 1 saturated heterocycles. The number of aryl methyl sites for hydroxylation is 2. The van der Waals surface area contributed by atoms with Crippen LogP contribution in [0.2, 0.25) is 0 Å². The number of nitrogens with one attached hydrogen (secondary N) is 1. The van der Waals surface area contributed by atoms with Crippen molar-refractivity contribution in [2.75, 3.05) is 13.1 Å². The average Bonchev–Trinajstić information content (AvgIpc) is 3.29. The molecule has 3 aromatic rings. The van der Waals surface area contributed by atoms with Crippen LogP contribution < -0.4 is 5.69 Å². The van der Waals surface area contributed by atoms with Gasteiger partial charge in [-0.05, 0) is 25.0 Å². The minimum atomic E-state index is -0.0805. The second-order valence-electron chi connectivity index (χ2n) is 6.76. The molecule has 1 N–H and O–H groups in total. The molecule has 8 heteroatoms. The summed E-state index contributed by atoms with van der Waals surface area (Å²) in [5.41, 5.74) is 1.68. The molecule has 3 heterocycles. The Balaban J connectivity index is 1.39. The first kappa shape index (κ1) is 16.6. The Labute approximate surface area is 150 Å². The van der Waals surface area contributed by atoms with Gasteiger partial charge in [-0.15, -0.1) is 0 Å². The van der Waals surface area contributed by atoms with Gasteiger partial charge in [0, 0.05) is 39.0 Å². The van der Waals surface area contributed by atoms with Gasteiger partial charge < -0.3 is 4.90 Å². The molecule has 0 unspecified atom stereocenters. The smallest absolute Gasteiger partial charge is 0.328 e. The van der Waals surface area contributed by atoms with Crippen LogP contribution in [-0.4, -0.2) is 48.2 Å². The van der Waals surface area contributed by atoms with Crippen LogP contribution in [0.4, 0.5) is 0 Å². The van der Waals surface area contributed by atoms with E-state index in [1.54, 1.807) is 16.2 Å². The highest BCUT2D eigenvalue weighted by atomic mass is 16.2. The van der Waals surface area contributed by atoms with Crippen LogP contribution in [0.1, 0.15) is 31.0 Å². The number of fused-ring (bicyclic) bond motifs is 1. The van der Waals surface area contributed by atoms with Crippen molar-refractivity contribution in [3.63, 3.8) is 0 Å². The van der Waals surface area contributed by atoms with Gasteiger partial charge in [-0.1, -0.05) is 12.1 Å². The maximum Gasteiger partial charge on any atom is 0.328 e. The van der Waals surface area contributed by atoms with E-state index in [9.17, 15) is 9.59 Å². The molecule has 0 aliphatic carbocycles. The number of carbonyl (C=O) groups excluding carboxylic acids is 1. The van der Waals surface area contributed by atoms with Crippen molar-refractivity contribution in [3.05, 3.63) is 46.9 Å². The monoisotopic (exact) mass is 354 g/mol. The molecular weight excluding hydrogens is 332 g/mol. The first-order valence-electron chi connectivity index (χ1n) is 8.92. The minimum Gasteiger partial charge on any atom is -0.343 e. The molecule has 1 aliphatic heterocycles. The van der Waals surface area contributed by atoms with Gasteiger partial charge in [0.25, 0.3) is 0 Å². The summed E-state index contributed by atoms with van der Waals surface area (Å²) in [6.45, 7) is 1.84. The zero-order valence-electron chi connectivity index (χ0n) is 14.8. The lowest BCUT2D eigenvalue weighted by molar-refractivity contribution is -0.132. The van der Waals surface area contributed by atoms with E-state index in [0.717, 1.165) is 29.7 Å². The lowest BCUT2D eigenvalue weighted by Gasteiger charge is -2.31. The number of piperidine rings is 1. The molecule has 1 aliphatic rings. The summed E-state index contributed by atoms with van der Waals surface area (Å²) in [7, 11) is 1.76. The normalized spacial score (nSPS) is 15.7. The predicted octanol–water partition coefficient (Wildman–Crippen LogP) is 1.25. The Hall–Kier alpha value is -2.90. The third-order valence-electron chi connectivity index (χ3n) is 5.27. The molecule has 2 aromatic heterocycles. The van der Waals surface area contributed by atoms with Crippen molar-refractivity contribution < 1.29 is 4.79 Å². The molecule has 26 heavy (non-hydrogen) atoms. The molecule has 0 spiro atoms. The number of nitrogens with zero attached hydrogens (tertiary/aromatic N) is 5. The number of carbonyl (C=O) groups is 1. The summed E-state index contributed by atoms with van der Waals surface area (Å²) < 4.78 is 3.32. The number of hydrogen-bond donors (Lipinski definition) is 1. The fraction of sp³-hybridized carbons (Fsp3) is 0.444. The van der Waals surface area contributed by atoms with Gasteiger partial charge in [0.15, 0.2) is 0 Å². The molecule has 0 atom stereocenters. The van der Waals surface area contributed by atoms with Gasteiger partial charge in [0.2, 0.25) is 5.91 Å². The molecule has 0 radical (unpaired) electrons. The Bertz CT molecular complexity index is 963. The van der Waals surface area contributed by atoms with Crippen molar-refractivity contribution in [2.45, 2.75) is 31.7 Å². The molecule has 0 saturated carbocycles. The van der Waals surface area contributed by atoms with Crippen molar-refractivity contribution in [1.82, 2.24) is 29.2 Å². The lowest BCUT2D eigenvalue weighted by Crippen LogP contribution is -2.38. The number of aromatic nitrogens is 5. The summed E-state index contributed by atoms with van der Waals surface area (Å²) in [4.78, 5) is 31.1. The average molecular weight is 354 g/mol. The summed E-state index contributed by atoms with van der Waals surface area (Å²) in [6, 6.07) is 7.66. The first-order chi connectivity index (χ1) is 12.6. The summed E-state index contributed by atoms with van der Waals surface area (Å²) in [6.07, 6.45) is 3.62. The number of aromatic amines is 1. The minimum absolute atomic E-state index is 0.0805. The van der Waals surface area contributed by atoms with Crippen LogP contribution in [0, 0.1) is 0 Å². The highest BCUT2D eigenvalue weighted by Crippen LogP contribution is 2.25. The first-order valence-corrected chi connectivity index (χ1v) is 8.92. The Morgan fingerprint density at radius 3 is 2.65 bits per heavy atom. The largest absolute Gasteiger partial charge is 0.343 e. The van der Waals surface area contributed by atoms with Gasteiger partial charge in [0.05, 0.1) is 11.0 Å². The van der Waals surface area contributed by atoms with Crippen LogP contribution in [0.25, 0.3) is 11.0 Å². The zero-order chi connectivity index (χ0) is 18.1. The number of likely N-dealkylation sites (tertiary alicyclic amines) is 1. The Morgan fingerprint density at radius 1 is 1.23 bits per heavy atom. The highest BCUT2D eigenvalue weighted by molar-refractivity contribution is 5.78. The van der Waals surface area contributed by atoms with Gasteiger partial charge in [-0.25, -0.2) is 9.78 Å². The number of hydrogen-bond acceptors (Lipinski definition) is 4. The van der Waals surface area contributed by atoms with Gasteiger partial charge in [0.1, 0.15) is 12.2 Å². The zero-order valence-corrected chi connectivity index (χ0v) is 14.8. The summed E-state index contributed by atoms with van der Waals surface area (Å²) in [5, 5.41) is 6.82. The van der Waals surface area contributed by atoms with Crippen molar-refractivity contribution in [1.29, 1.82) is 0 Å². The van der Waals surface area contributed by atoms with E-state index in [1.165, 1.54) is 6.33 Å². The number of amides is 1. The maximum absolute atomic E-state index is 12.6. The van der Waals surface area contributed by atoms with Crippen LogP contribution in [-0.2, 0) is 18.4 Å². The van der Waals surface area contributed by atoms with E-state index in [1.807, 2.05) is 29.2 Å². The van der Waals surface area contributed by atoms with Gasteiger partial charge >= 0.3 is 5.69 Å². The summed E-state index contributed by atoms with van der Waals surface area (Å²) >= 11 is 0. The number of para-hydroxylation sites is 2. The highest BCUT2D eigenvalue weighted by Gasteiger charge is 2.25. The quantitative estimate of drug-likeness (QED) is 0.764. The Kier molecular flexibility index (Phi) is 4.32. The molecule has 136 valence electrons. The van der Waals surface area contributed by atoms with E-state index in [-0.39, 0.29) is 11.6 Å². The van der Waals surface area contributed by atoms with E-state index >= 15 is 0 Å². The molecule has 4 rings (SSSR count). The maximum atomic E-state index is 12.6. The number of rotatable bonds is 4. The predicted molar refractivity (Wildman–Crippen MR) is 96.7 cm³/mol. The second-order valence-corrected chi connectivity index (χ2v) is 6.76. The van der Waals surface area contributed by atoms with Crippen molar-refractivity contribution in [3.8, 4) is 0 Å². The topological polar surface area (TPSA) is 88.8 Å². The number of benzene rings is 1. The Morgan fingerprint density at radius 2 is 1.96 bits per heavy atom. The van der Waals surface area contributed by atoms with E-state index in [2.05, 4.69) is 15.2 Å². The molecule has 8 nitrogen and oxygen atoms in total. The lowest BCUT2D eigenvalue weighted by atomic mass is 9.96. The van der Waals surface area contributed by atoms with E-state index in [0.29, 0.717) is 32.0 Å². The fourth-order valence-electron chi connectivity index (χ4n) is 3.76. The fourth-order valence-corrected chi connectivity index (χ4v) is 3.76. The third kappa shape index (κ3) is 2.91. The molecular formula is C18H22N6O2. The summed E-state index contributed by atoms with van der Waals surface area (Å²) in [5.74, 6) is 1.34. The molecule has 1 aromatic carbocycles. The van der Waals surface area contributed by atoms with Crippen molar-refractivity contribution >= 4 is 16.9 Å². The number of H-pyrrole nitrogens is 1. The molecule has 1 amide bonds. The van der Waals surface area contributed by atoms with Crippen LogP contribution in [0.3, 0.4) is 0 Å².